The highest BCUT2D eigenvalue weighted by molar-refractivity contribution is 9.10. The third-order valence-corrected chi connectivity index (χ3v) is 2.82. The zero-order chi connectivity index (χ0) is 13.3. The molecule has 6 heteroatoms. The number of imidazole rings is 1. The summed E-state index contributed by atoms with van der Waals surface area (Å²) >= 11 is 3.38. The monoisotopic (exact) mass is 308 g/mol. The molecule has 0 saturated carbocycles. The van der Waals surface area contributed by atoms with Gasteiger partial charge in [0, 0.05) is 16.4 Å². The topological polar surface area (TPSA) is 58.8 Å². The SMILES string of the molecule is CC(C)=NNC(=O)c1c(C)nc2ccc(Br)cn12. The predicted molar refractivity (Wildman–Crippen MR) is 73.9 cm³/mol. The van der Waals surface area contributed by atoms with E-state index in [1.807, 2.05) is 32.2 Å². The lowest BCUT2D eigenvalue weighted by atomic mass is 10.3. The van der Waals surface area contributed by atoms with Gasteiger partial charge in [-0.25, -0.2) is 10.4 Å². The molecule has 1 amide bonds. The highest BCUT2D eigenvalue weighted by Crippen LogP contribution is 2.16. The second-order valence-electron chi connectivity index (χ2n) is 4.12. The van der Waals surface area contributed by atoms with Crippen molar-refractivity contribution < 1.29 is 4.79 Å². The lowest BCUT2D eigenvalue weighted by Crippen LogP contribution is -2.21. The molecule has 0 atom stereocenters. The number of nitrogens with zero attached hydrogens (tertiary/aromatic N) is 3. The van der Waals surface area contributed by atoms with E-state index in [9.17, 15) is 4.79 Å². The standard InChI is InChI=1S/C12H13BrN4O/c1-7(2)15-16-12(18)11-8(3)14-10-5-4-9(13)6-17(10)11/h4-6H,1-3H3,(H,16,18). The zero-order valence-corrected chi connectivity index (χ0v) is 11.9. The van der Waals surface area contributed by atoms with E-state index in [1.165, 1.54) is 0 Å². The molecule has 0 unspecified atom stereocenters. The third kappa shape index (κ3) is 2.43. The van der Waals surface area contributed by atoms with Crippen molar-refractivity contribution in [1.82, 2.24) is 14.8 Å². The Morgan fingerprint density at radius 1 is 1.44 bits per heavy atom. The number of fused-ring (bicyclic) bond motifs is 1. The fourth-order valence-electron chi connectivity index (χ4n) is 1.63. The lowest BCUT2D eigenvalue weighted by molar-refractivity contribution is 0.0948. The van der Waals surface area contributed by atoms with Crippen molar-refractivity contribution >= 4 is 33.2 Å². The summed E-state index contributed by atoms with van der Waals surface area (Å²) in [6, 6.07) is 3.74. The largest absolute Gasteiger partial charge is 0.294 e. The molecule has 2 rings (SSSR count). The second-order valence-corrected chi connectivity index (χ2v) is 5.04. The number of carbonyl (C=O) groups excluding carboxylic acids is 1. The van der Waals surface area contributed by atoms with E-state index in [4.69, 9.17) is 0 Å². The van der Waals surface area contributed by atoms with E-state index in [1.54, 1.807) is 11.3 Å². The van der Waals surface area contributed by atoms with Gasteiger partial charge in [0.15, 0.2) is 0 Å². The van der Waals surface area contributed by atoms with Crippen LogP contribution in [-0.2, 0) is 0 Å². The number of halogens is 1. The Balaban J connectivity index is 2.49. The van der Waals surface area contributed by atoms with E-state index in [2.05, 4.69) is 31.4 Å². The summed E-state index contributed by atoms with van der Waals surface area (Å²) < 4.78 is 2.63. The van der Waals surface area contributed by atoms with Crippen LogP contribution in [0, 0.1) is 6.92 Å². The van der Waals surface area contributed by atoms with Crippen LogP contribution in [0.1, 0.15) is 30.0 Å². The molecule has 0 bridgehead atoms. The number of aryl methyl sites for hydroxylation is 1. The van der Waals surface area contributed by atoms with Crippen molar-refractivity contribution in [2.45, 2.75) is 20.8 Å². The van der Waals surface area contributed by atoms with Crippen molar-refractivity contribution in [2.24, 2.45) is 5.10 Å². The van der Waals surface area contributed by atoms with Crippen molar-refractivity contribution in [1.29, 1.82) is 0 Å². The van der Waals surface area contributed by atoms with Gasteiger partial charge in [-0.1, -0.05) is 0 Å². The van der Waals surface area contributed by atoms with Gasteiger partial charge >= 0.3 is 0 Å². The van der Waals surface area contributed by atoms with Crippen LogP contribution in [0.4, 0.5) is 0 Å². The average Bonchev–Trinajstić information content (AvgIpc) is 2.61. The maximum atomic E-state index is 12.1. The zero-order valence-electron chi connectivity index (χ0n) is 10.4. The van der Waals surface area contributed by atoms with Gasteiger partial charge in [-0.2, -0.15) is 5.10 Å². The number of nitrogens with one attached hydrogen (secondary N) is 1. The van der Waals surface area contributed by atoms with Crippen LogP contribution in [0.25, 0.3) is 5.65 Å². The van der Waals surface area contributed by atoms with Crippen molar-refractivity contribution in [3.05, 3.63) is 34.2 Å². The summed E-state index contributed by atoms with van der Waals surface area (Å²) in [4.78, 5) is 16.4. The van der Waals surface area contributed by atoms with E-state index >= 15 is 0 Å². The first-order chi connectivity index (χ1) is 8.49. The Kier molecular flexibility index (Phi) is 3.47. The first-order valence-electron chi connectivity index (χ1n) is 5.44. The van der Waals surface area contributed by atoms with E-state index in [-0.39, 0.29) is 5.91 Å². The minimum atomic E-state index is -0.265. The molecule has 5 nitrogen and oxygen atoms in total. The predicted octanol–water partition coefficient (Wildman–Crippen LogP) is 2.53. The van der Waals surface area contributed by atoms with Crippen LogP contribution in [-0.4, -0.2) is 21.0 Å². The quantitative estimate of drug-likeness (QED) is 0.684. The number of amides is 1. The van der Waals surface area contributed by atoms with Gasteiger partial charge in [-0.3, -0.25) is 9.20 Å². The molecule has 2 aromatic heterocycles. The number of hydrogen-bond acceptors (Lipinski definition) is 3. The Bertz CT molecular complexity index is 641. The molecule has 0 spiro atoms. The van der Waals surface area contributed by atoms with Gasteiger partial charge in [0.05, 0.1) is 5.69 Å². The molecule has 0 fully saturated rings. The second kappa shape index (κ2) is 4.89. The first kappa shape index (κ1) is 12.8. The van der Waals surface area contributed by atoms with Gasteiger partial charge in [-0.05, 0) is 48.8 Å². The number of pyridine rings is 1. The molecule has 0 aliphatic carbocycles. The molecule has 0 aliphatic rings. The van der Waals surface area contributed by atoms with Crippen LogP contribution in [0.5, 0.6) is 0 Å². The molecule has 18 heavy (non-hydrogen) atoms. The van der Waals surface area contributed by atoms with Crippen molar-refractivity contribution in [3.63, 3.8) is 0 Å². The van der Waals surface area contributed by atoms with E-state index in [0.29, 0.717) is 11.4 Å². The molecule has 0 aromatic carbocycles. The van der Waals surface area contributed by atoms with Crippen molar-refractivity contribution in [2.75, 3.05) is 0 Å². The number of hydrogen-bond donors (Lipinski definition) is 1. The first-order valence-corrected chi connectivity index (χ1v) is 6.24. The fourth-order valence-corrected chi connectivity index (χ4v) is 1.96. The number of carbonyl (C=O) groups is 1. The molecule has 0 aliphatic heterocycles. The smallest absolute Gasteiger partial charge is 0.290 e. The number of aromatic nitrogens is 2. The van der Waals surface area contributed by atoms with Crippen LogP contribution < -0.4 is 5.43 Å². The Hall–Kier alpha value is -1.69. The molecule has 2 aromatic rings. The summed E-state index contributed by atoms with van der Waals surface area (Å²) in [5.41, 5.74) is 5.20. The van der Waals surface area contributed by atoms with Gasteiger partial charge in [0.2, 0.25) is 0 Å². The van der Waals surface area contributed by atoms with Crippen LogP contribution >= 0.6 is 15.9 Å². The third-order valence-electron chi connectivity index (χ3n) is 2.35. The van der Waals surface area contributed by atoms with Crippen molar-refractivity contribution in [3.8, 4) is 0 Å². The van der Waals surface area contributed by atoms with Crippen LogP contribution in [0.2, 0.25) is 0 Å². The Morgan fingerprint density at radius 3 is 2.83 bits per heavy atom. The van der Waals surface area contributed by atoms with Gasteiger partial charge in [-0.15, -0.1) is 0 Å². The normalized spacial score (nSPS) is 10.4. The number of hydrazone groups is 1. The molecule has 94 valence electrons. The summed E-state index contributed by atoms with van der Waals surface area (Å²) in [5, 5.41) is 3.92. The maximum absolute atomic E-state index is 12.1. The Morgan fingerprint density at radius 2 is 2.17 bits per heavy atom. The molecule has 0 saturated heterocycles. The van der Waals surface area contributed by atoms with Gasteiger partial charge in [0.25, 0.3) is 5.91 Å². The molecule has 0 radical (unpaired) electrons. The lowest BCUT2D eigenvalue weighted by Gasteiger charge is -2.02. The van der Waals surface area contributed by atoms with Gasteiger partial charge in [0.1, 0.15) is 11.3 Å². The summed E-state index contributed by atoms with van der Waals surface area (Å²) in [6.45, 7) is 5.44. The van der Waals surface area contributed by atoms with E-state index < -0.39 is 0 Å². The molecule has 2 heterocycles. The van der Waals surface area contributed by atoms with E-state index in [0.717, 1.165) is 15.8 Å². The molecular weight excluding hydrogens is 296 g/mol. The van der Waals surface area contributed by atoms with Crippen LogP contribution in [0.15, 0.2) is 27.9 Å². The Labute approximate surface area is 113 Å². The van der Waals surface area contributed by atoms with Gasteiger partial charge < -0.3 is 0 Å². The highest BCUT2D eigenvalue weighted by Gasteiger charge is 2.16. The molecule has 1 N–H and O–H groups in total. The average molecular weight is 309 g/mol. The number of rotatable bonds is 2. The minimum absolute atomic E-state index is 0.265. The molecular formula is C12H13BrN4O. The van der Waals surface area contributed by atoms with Crippen LogP contribution in [0.3, 0.4) is 0 Å². The minimum Gasteiger partial charge on any atom is -0.294 e. The maximum Gasteiger partial charge on any atom is 0.290 e. The summed E-state index contributed by atoms with van der Waals surface area (Å²) in [7, 11) is 0. The fraction of sp³-hybridized carbons (Fsp3) is 0.250. The summed E-state index contributed by atoms with van der Waals surface area (Å²) in [6.07, 6.45) is 1.81. The highest BCUT2D eigenvalue weighted by atomic mass is 79.9. The summed E-state index contributed by atoms with van der Waals surface area (Å²) in [5.74, 6) is -0.265.